The van der Waals surface area contributed by atoms with E-state index in [0.29, 0.717) is 32.9 Å². The monoisotopic (exact) mass is 418 g/mol. The summed E-state index contributed by atoms with van der Waals surface area (Å²) in [5.41, 5.74) is 2.78. The highest BCUT2D eigenvalue weighted by Crippen LogP contribution is 2.38. The van der Waals surface area contributed by atoms with Gasteiger partial charge in [0.05, 0.1) is 10.0 Å². The van der Waals surface area contributed by atoms with E-state index in [0.717, 1.165) is 47.8 Å². The van der Waals surface area contributed by atoms with Gasteiger partial charge in [0.1, 0.15) is 17.9 Å². The molecule has 1 aliphatic heterocycles. The second-order valence-corrected chi connectivity index (χ2v) is 7.73. The third kappa shape index (κ3) is 2.99. The topological polar surface area (TPSA) is 57.9 Å². The number of hydrogen-bond acceptors (Lipinski definition) is 5. The summed E-state index contributed by atoms with van der Waals surface area (Å²) in [4.78, 5) is 12.3. The molecule has 28 heavy (non-hydrogen) atoms. The van der Waals surface area contributed by atoms with E-state index >= 15 is 0 Å². The summed E-state index contributed by atoms with van der Waals surface area (Å²) in [5.74, 6) is 1.68. The van der Waals surface area contributed by atoms with E-state index in [9.17, 15) is 4.79 Å². The van der Waals surface area contributed by atoms with Crippen LogP contribution in [0.15, 0.2) is 33.5 Å². The molecule has 5 nitrogen and oxygen atoms in total. The highest BCUT2D eigenvalue weighted by molar-refractivity contribution is 6.33. The molecule has 0 spiro atoms. The molecule has 0 saturated carbocycles. The second-order valence-electron chi connectivity index (χ2n) is 6.92. The molecule has 1 aromatic heterocycles. The lowest BCUT2D eigenvalue weighted by atomic mass is 9.91. The van der Waals surface area contributed by atoms with Crippen molar-refractivity contribution in [1.29, 1.82) is 0 Å². The van der Waals surface area contributed by atoms with Crippen molar-refractivity contribution in [3.05, 3.63) is 61.4 Å². The Hall–Kier alpha value is -2.37. The summed E-state index contributed by atoms with van der Waals surface area (Å²) in [6, 6.07) is 6.99. The minimum absolute atomic E-state index is 0.176. The Morgan fingerprint density at radius 3 is 2.50 bits per heavy atom. The van der Waals surface area contributed by atoms with Crippen molar-refractivity contribution < 1.29 is 18.6 Å². The van der Waals surface area contributed by atoms with Crippen molar-refractivity contribution in [3.63, 3.8) is 0 Å². The van der Waals surface area contributed by atoms with Crippen LogP contribution in [-0.4, -0.2) is 6.79 Å². The first-order valence-electron chi connectivity index (χ1n) is 9.09. The number of ether oxygens (including phenoxy) is 3. The van der Waals surface area contributed by atoms with E-state index in [4.69, 9.17) is 41.8 Å². The summed E-state index contributed by atoms with van der Waals surface area (Å²) < 4.78 is 22.1. The standard InChI is InChI=1S/C21H16Cl2O5/c22-15-7-20-19(26-10-27-20)5-11(15)9-25-18-8-17-14(6-16(18)23)12-3-1-2-4-13(12)21(24)28-17/h5-8H,1-4,9-10H2. The number of fused-ring (bicyclic) bond motifs is 4. The van der Waals surface area contributed by atoms with Gasteiger partial charge < -0.3 is 18.6 Å². The molecule has 5 rings (SSSR count). The van der Waals surface area contributed by atoms with Gasteiger partial charge in [-0.1, -0.05) is 23.2 Å². The molecule has 0 atom stereocenters. The minimum atomic E-state index is -0.269. The lowest BCUT2D eigenvalue weighted by Gasteiger charge is -2.17. The predicted octanol–water partition coefficient (Wildman–Crippen LogP) is 5.29. The molecule has 0 unspecified atom stereocenters. The maximum atomic E-state index is 12.3. The molecule has 2 aromatic carbocycles. The number of halogens is 2. The third-order valence-electron chi connectivity index (χ3n) is 5.20. The smallest absolute Gasteiger partial charge is 0.339 e. The summed E-state index contributed by atoms with van der Waals surface area (Å²) in [6.45, 7) is 0.367. The van der Waals surface area contributed by atoms with Crippen LogP contribution in [0.2, 0.25) is 10.0 Å². The SMILES string of the molecule is O=c1oc2cc(OCc3cc4c(cc3Cl)OCO4)c(Cl)cc2c2c1CCCC2. The van der Waals surface area contributed by atoms with Crippen LogP contribution < -0.4 is 19.8 Å². The third-order valence-corrected chi connectivity index (χ3v) is 5.85. The van der Waals surface area contributed by atoms with Crippen molar-refractivity contribution in [3.8, 4) is 17.2 Å². The Bertz CT molecular complexity index is 1150. The number of rotatable bonds is 3. The van der Waals surface area contributed by atoms with Gasteiger partial charge in [-0.05, 0) is 43.4 Å². The Balaban J connectivity index is 1.48. The lowest BCUT2D eigenvalue weighted by Crippen LogP contribution is -2.15. The van der Waals surface area contributed by atoms with Gasteiger partial charge in [0, 0.05) is 28.6 Å². The van der Waals surface area contributed by atoms with Crippen LogP contribution in [0.3, 0.4) is 0 Å². The first-order chi connectivity index (χ1) is 13.6. The van der Waals surface area contributed by atoms with Gasteiger partial charge in [0.15, 0.2) is 11.5 Å². The van der Waals surface area contributed by atoms with Crippen LogP contribution in [-0.2, 0) is 19.4 Å². The number of aryl methyl sites for hydroxylation is 1. The molecular formula is C21H16Cl2O5. The van der Waals surface area contributed by atoms with Crippen LogP contribution >= 0.6 is 23.2 Å². The van der Waals surface area contributed by atoms with Gasteiger partial charge in [-0.3, -0.25) is 0 Å². The van der Waals surface area contributed by atoms with Crippen LogP contribution in [0.1, 0.15) is 29.5 Å². The van der Waals surface area contributed by atoms with Gasteiger partial charge in [-0.15, -0.1) is 0 Å². The molecule has 0 fully saturated rings. The second kappa shape index (κ2) is 6.90. The first-order valence-corrected chi connectivity index (χ1v) is 9.84. The van der Waals surface area contributed by atoms with Gasteiger partial charge in [0.2, 0.25) is 6.79 Å². The van der Waals surface area contributed by atoms with Crippen molar-refractivity contribution in [2.24, 2.45) is 0 Å². The maximum Gasteiger partial charge on any atom is 0.339 e. The van der Waals surface area contributed by atoms with Crippen LogP contribution in [0.4, 0.5) is 0 Å². The highest BCUT2D eigenvalue weighted by Gasteiger charge is 2.20. The van der Waals surface area contributed by atoms with Crippen molar-refractivity contribution in [1.82, 2.24) is 0 Å². The Morgan fingerprint density at radius 1 is 0.929 bits per heavy atom. The fraction of sp³-hybridized carbons (Fsp3) is 0.286. The fourth-order valence-corrected chi connectivity index (χ4v) is 4.21. The number of benzene rings is 2. The summed E-state index contributed by atoms with van der Waals surface area (Å²) in [6.07, 6.45) is 3.69. The maximum absolute atomic E-state index is 12.3. The fourth-order valence-electron chi connectivity index (χ4n) is 3.78. The molecule has 2 heterocycles. The van der Waals surface area contributed by atoms with Crippen LogP contribution in [0.25, 0.3) is 11.0 Å². The molecule has 0 bridgehead atoms. The van der Waals surface area contributed by atoms with Crippen LogP contribution in [0.5, 0.6) is 17.2 Å². The van der Waals surface area contributed by atoms with Gasteiger partial charge >= 0.3 is 5.63 Å². The largest absolute Gasteiger partial charge is 0.487 e. The normalized spacial score (nSPS) is 14.9. The van der Waals surface area contributed by atoms with Crippen molar-refractivity contribution in [2.45, 2.75) is 32.3 Å². The molecule has 7 heteroatoms. The summed E-state index contributed by atoms with van der Waals surface area (Å²) >= 11 is 12.8. The van der Waals surface area contributed by atoms with Crippen LogP contribution in [0, 0.1) is 0 Å². The van der Waals surface area contributed by atoms with E-state index in [1.54, 1.807) is 18.2 Å². The number of hydrogen-bond donors (Lipinski definition) is 0. The summed E-state index contributed by atoms with van der Waals surface area (Å²) in [7, 11) is 0. The van der Waals surface area contributed by atoms with Gasteiger partial charge in [-0.2, -0.15) is 0 Å². The molecule has 1 aliphatic carbocycles. The van der Waals surface area contributed by atoms with E-state index < -0.39 is 0 Å². The molecule has 2 aliphatic rings. The molecule has 0 N–H and O–H groups in total. The summed E-state index contributed by atoms with van der Waals surface area (Å²) in [5, 5.41) is 1.86. The van der Waals surface area contributed by atoms with Crippen molar-refractivity contribution >= 4 is 34.2 Å². The Kier molecular flexibility index (Phi) is 4.37. The minimum Gasteiger partial charge on any atom is -0.487 e. The van der Waals surface area contributed by atoms with E-state index in [1.165, 1.54) is 0 Å². The Labute approximate surface area is 170 Å². The van der Waals surface area contributed by atoms with E-state index in [1.807, 2.05) is 6.07 Å². The molecule has 144 valence electrons. The average Bonchev–Trinajstić information content (AvgIpc) is 3.14. The Morgan fingerprint density at radius 2 is 1.68 bits per heavy atom. The zero-order chi connectivity index (χ0) is 19.3. The zero-order valence-electron chi connectivity index (χ0n) is 14.8. The van der Waals surface area contributed by atoms with Gasteiger partial charge in [-0.25, -0.2) is 4.79 Å². The molecule has 0 saturated heterocycles. The average molecular weight is 419 g/mol. The molecule has 3 aromatic rings. The van der Waals surface area contributed by atoms with E-state index in [-0.39, 0.29) is 19.0 Å². The molecular weight excluding hydrogens is 403 g/mol. The molecule has 0 radical (unpaired) electrons. The van der Waals surface area contributed by atoms with Gasteiger partial charge in [0.25, 0.3) is 0 Å². The molecule has 0 amide bonds. The zero-order valence-corrected chi connectivity index (χ0v) is 16.4. The quantitative estimate of drug-likeness (QED) is 0.541. The first kappa shape index (κ1) is 17.7. The predicted molar refractivity (Wildman–Crippen MR) is 106 cm³/mol. The lowest BCUT2D eigenvalue weighted by molar-refractivity contribution is 0.174. The highest BCUT2D eigenvalue weighted by atomic mass is 35.5. The van der Waals surface area contributed by atoms with E-state index in [2.05, 4.69) is 0 Å². The van der Waals surface area contributed by atoms with Crippen molar-refractivity contribution in [2.75, 3.05) is 6.79 Å².